The molecule has 0 unspecified atom stereocenters. The van der Waals surface area contributed by atoms with Gasteiger partial charge >= 0.3 is 16.2 Å². The molecule has 0 atom stereocenters. The molecule has 0 aliphatic rings. The van der Waals surface area contributed by atoms with Crippen LogP contribution in [0.3, 0.4) is 0 Å². The van der Waals surface area contributed by atoms with Crippen molar-refractivity contribution in [2.75, 3.05) is 20.3 Å². The Balaban J connectivity index is 3.09. The first-order valence-corrected chi connectivity index (χ1v) is 6.18. The summed E-state index contributed by atoms with van der Waals surface area (Å²) < 4.78 is 43.8. The first kappa shape index (κ1) is 14.4. The molecule has 0 fully saturated rings. The molecular weight excluding hydrogens is 267 g/mol. The second kappa shape index (κ2) is 5.78. The molecule has 0 saturated heterocycles. The van der Waals surface area contributed by atoms with Gasteiger partial charge in [0.05, 0.1) is 11.5 Å². The molecule has 1 N–H and O–H groups in total. The lowest BCUT2D eigenvalue weighted by Crippen LogP contribution is -2.09. The third-order valence-electron chi connectivity index (χ3n) is 2.01. The lowest BCUT2D eigenvalue weighted by molar-refractivity contribution is 0.0689. The molecule has 0 saturated carbocycles. The van der Waals surface area contributed by atoms with Crippen molar-refractivity contribution in [3.05, 3.63) is 23.8 Å². The number of carboxylic acids is 1. The SMILES string of the molecule is COCCOc1ccc(S(=O)(=O)F)cc1C(=O)O. The number of ether oxygens (including phenoxy) is 2. The summed E-state index contributed by atoms with van der Waals surface area (Å²) in [5.41, 5.74) is -0.426. The van der Waals surface area contributed by atoms with Gasteiger partial charge in [-0.3, -0.25) is 0 Å². The summed E-state index contributed by atoms with van der Waals surface area (Å²) in [6, 6.07) is 2.73. The lowest BCUT2D eigenvalue weighted by Gasteiger charge is -2.09. The zero-order valence-electron chi connectivity index (χ0n) is 9.42. The lowest BCUT2D eigenvalue weighted by atomic mass is 10.2. The standard InChI is InChI=1S/C10H11FO6S/c1-16-4-5-17-9-3-2-7(18(11,14)15)6-8(9)10(12)13/h2-3,6H,4-5H2,1H3,(H,12,13). The Morgan fingerprint density at radius 2 is 2.06 bits per heavy atom. The Morgan fingerprint density at radius 1 is 1.39 bits per heavy atom. The second-order valence-electron chi connectivity index (χ2n) is 3.24. The summed E-state index contributed by atoms with van der Waals surface area (Å²) in [4.78, 5) is 10.2. The fourth-order valence-corrected chi connectivity index (χ4v) is 1.68. The van der Waals surface area contributed by atoms with Gasteiger partial charge in [-0.2, -0.15) is 8.42 Å². The number of benzene rings is 1. The number of methoxy groups -OCH3 is 1. The molecule has 0 radical (unpaired) electrons. The molecule has 100 valence electrons. The minimum Gasteiger partial charge on any atom is -0.490 e. The van der Waals surface area contributed by atoms with Gasteiger partial charge in [-0.25, -0.2) is 4.79 Å². The van der Waals surface area contributed by atoms with Crippen LogP contribution in [0.4, 0.5) is 3.89 Å². The number of aromatic carboxylic acids is 1. The molecule has 1 aromatic carbocycles. The highest BCUT2D eigenvalue weighted by molar-refractivity contribution is 7.86. The highest BCUT2D eigenvalue weighted by Gasteiger charge is 2.18. The van der Waals surface area contributed by atoms with Crippen molar-refractivity contribution in [2.24, 2.45) is 0 Å². The van der Waals surface area contributed by atoms with Gasteiger partial charge in [-0.05, 0) is 18.2 Å². The molecular formula is C10H11FO6S. The number of hydrogen-bond donors (Lipinski definition) is 1. The third-order valence-corrected chi connectivity index (χ3v) is 2.83. The summed E-state index contributed by atoms with van der Waals surface area (Å²) in [7, 11) is -3.50. The first-order chi connectivity index (χ1) is 8.36. The van der Waals surface area contributed by atoms with E-state index in [-0.39, 0.29) is 19.0 Å². The molecule has 1 rings (SSSR count). The van der Waals surface area contributed by atoms with Gasteiger partial charge in [0, 0.05) is 7.11 Å². The summed E-state index contributed by atoms with van der Waals surface area (Å²) in [6.07, 6.45) is 0. The van der Waals surface area contributed by atoms with Crippen LogP contribution in [0.1, 0.15) is 10.4 Å². The largest absolute Gasteiger partial charge is 0.490 e. The second-order valence-corrected chi connectivity index (χ2v) is 4.59. The Bertz CT molecular complexity index is 539. The topological polar surface area (TPSA) is 89.9 Å². The van der Waals surface area contributed by atoms with E-state index in [1.807, 2.05) is 0 Å². The molecule has 0 amide bonds. The fraction of sp³-hybridized carbons (Fsp3) is 0.300. The Morgan fingerprint density at radius 3 is 2.56 bits per heavy atom. The average Bonchev–Trinajstić information content (AvgIpc) is 2.28. The maximum Gasteiger partial charge on any atom is 0.339 e. The van der Waals surface area contributed by atoms with E-state index >= 15 is 0 Å². The Hall–Kier alpha value is -1.67. The third kappa shape index (κ3) is 3.67. The summed E-state index contributed by atoms with van der Waals surface area (Å²) >= 11 is 0. The predicted octanol–water partition coefficient (Wildman–Crippen LogP) is 1.07. The van der Waals surface area contributed by atoms with Gasteiger partial charge in [0.2, 0.25) is 0 Å². The Labute approximate surface area is 103 Å². The summed E-state index contributed by atoms with van der Waals surface area (Å²) in [6.45, 7) is 0.334. The number of rotatable bonds is 6. The van der Waals surface area contributed by atoms with Crippen LogP contribution in [0.5, 0.6) is 5.75 Å². The fourth-order valence-electron chi connectivity index (χ4n) is 1.19. The van der Waals surface area contributed by atoms with E-state index in [1.165, 1.54) is 7.11 Å². The van der Waals surface area contributed by atoms with Crippen molar-refractivity contribution < 1.29 is 31.7 Å². The van der Waals surface area contributed by atoms with E-state index in [2.05, 4.69) is 0 Å². The zero-order chi connectivity index (χ0) is 13.8. The maximum atomic E-state index is 12.7. The Kier molecular flexibility index (Phi) is 4.62. The van der Waals surface area contributed by atoms with Crippen molar-refractivity contribution in [2.45, 2.75) is 4.90 Å². The van der Waals surface area contributed by atoms with Gasteiger partial charge in [0.25, 0.3) is 0 Å². The van der Waals surface area contributed by atoms with E-state index in [4.69, 9.17) is 14.6 Å². The van der Waals surface area contributed by atoms with E-state index < -0.39 is 26.7 Å². The number of halogens is 1. The van der Waals surface area contributed by atoms with Gasteiger partial charge in [-0.15, -0.1) is 3.89 Å². The van der Waals surface area contributed by atoms with Crippen LogP contribution in [-0.4, -0.2) is 39.8 Å². The van der Waals surface area contributed by atoms with Crippen LogP contribution < -0.4 is 4.74 Å². The molecule has 8 heteroatoms. The van der Waals surface area contributed by atoms with E-state index in [0.717, 1.165) is 12.1 Å². The van der Waals surface area contributed by atoms with Gasteiger partial charge in [0.15, 0.2) is 0 Å². The minimum absolute atomic E-state index is 0.0491. The summed E-state index contributed by atoms with van der Waals surface area (Å²) in [5.74, 6) is -1.46. The van der Waals surface area contributed by atoms with Crippen LogP contribution in [-0.2, 0) is 15.0 Å². The molecule has 6 nitrogen and oxygen atoms in total. The van der Waals surface area contributed by atoms with Crippen molar-refractivity contribution >= 4 is 16.2 Å². The van der Waals surface area contributed by atoms with Crippen LogP contribution in [0, 0.1) is 0 Å². The number of carboxylic acid groups (broad SMARTS) is 1. The van der Waals surface area contributed by atoms with Crippen LogP contribution in [0.2, 0.25) is 0 Å². The molecule has 0 spiro atoms. The zero-order valence-corrected chi connectivity index (χ0v) is 10.2. The van der Waals surface area contributed by atoms with Crippen LogP contribution in [0.15, 0.2) is 23.1 Å². The highest BCUT2D eigenvalue weighted by Crippen LogP contribution is 2.23. The van der Waals surface area contributed by atoms with E-state index in [9.17, 15) is 17.1 Å². The summed E-state index contributed by atoms with van der Waals surface area (Å²) in [5, 5.41) is 8.88. The minimum atomic E-state index is -4.94. The van der Waals surface area contributed by atoms with Gasteiger partial charge in [0.1, 0.15) is 17.9 Å². The van der Waals surface area contributed by atoms with Crippen molar-refractivity contribution in [3.8, 4) is 5.75 Å². The van der Waals surface area contributed by atoms with E-state index in [0.29, 0.717) is 6.07 Å². The van der Waals surface area contributed by atoms with Crippen molar-refractivity contribution in [3.63, 3.8) is 0 Å². The molecule has 0 aromatic heterocycles. The molecule has 0 heterocycles. The van der Waals surface area contributed by atoms with Crippen molar-refractivity contribution in [1.82, 2.24) is 0 Å². The van der Waals surface area contributed by atoms with Crippen LogP contribution in [0.25, 0.3) is 0 Å². The average molecular weight is 278 g/mol. The first-order valence-electron chi connectivity index (χ1n) is 4.80. The molecule has 0 bridgehead atoms. The van der Waals surface area contributed by atoms with Crippen LogP contribution >= 0.6 is 0 Å². The normalized spacial score (nSPS) is 11.2. The maximum absolute atomic E-state index is 12.7. The van der Waals surface area contributed by atoms with Gasteiger partial charge in [-0.1, -0.05) is 0 Å². The number of carbonyl (C=O) groups is 1. The van der Waals surface area contributed by atoms with Crippen molar-refractivity contribution in [1.29, 1.82) is 0 Å². The van der Waals surface area contributed by atoms with Gasteiger partial charge < -0.3 is 14.6 Å². The predicted molar refractivity (Wildman–Crippen MR) is 59.1 cm³/mol. The molecule has 0 aliphatic heterocycles. The highest BCUT2D eigenvalue weighted by atomic mass is 32.3. The van der Waals surface area contributed by atoms with E-state index in [1.54, 1.807) is 0 Å². The molecule has 1 aromatic rings. The molecule has 18 heavy (non-hydrogen) atoms. The monoisotopic (exact) mass is 278 g/mol. The number of hydrogen-bond acceptors (Lipinski definition) is 5. The molecule has 0 aliphatic carbocycles. The smallest absolute Gasteiger partial charge is 0.339 e. The quantitative estimate of drug-likeness (QED) is 0.618.